The summed E-state index contributed by atoms with van der Waals surface area (Å²) in [6.45, 7) is 15.0. The first-order valence-electron chi connectivity index (χ1n) is 8.49. The van der Waals surface area contributed by atoms with E-state index < -0.39 is 0 Å². The maximum Gasteiger partial charge on any atom is 0.0790 e. The van der Waals surface area contributed by atoms with Crippen LogP contribution in [0.5, 0.6) is 0 Å². The third-order valence-electron chi connectivity index (χ3n) is 5.29. The fourth-order valence-corrected chi connectivity index (χ4v) is 4.22. The number of nitrogens with one attached hydrogen (secondary N) is 1. The zero-order chi connectivity index (χ0) is 15.7. The van der Waals surface area contributed by atoms with Crippen molar-refractivity contribution in [3.63, 3.8) is 0 Å². The highest BCUT2D eigenvalue weighted by molar-refractivity contribution is 5.06. The van der Waals surface area contributed by atoms with Crippen LogP contribution in [0.3, 0.4) is 0 Å². The SMILES string of the molecule is CCNC1C(CN(C)C2CCOCC2)C(C)(C)OC1(C)C. The number of ether oxygens (including phenoxy) is 2. The topological polar surface area (TPSA) is 33.7 Å². The van der Waals surface area contributed by atoms with E-state index in [-0.39, 0.29) is 11.2 Å². The molecule has 0 aromatic heterocycles. The first-order valence-corrected chi connectivity index (χ1v) is 8.49. The third-order valence-corrected chi connectivity index (χ3v) is 5.29. The van der Waals surface area contributed by atoms with Gasteiger partial charge in [0.2, 0.25) is 0 Å². The highest BCUT2D eigenvalue weighted by Gasteiger charge is 2.53. The van der Waals surface area contributed by atoms with E-state index in [0.29, 0.717) is 18.0 Å². The van der Waals surface area contributed by atoms with Gasteiger partial charge < -0.3 is 19.7 Å². The lowest BCUT2D eigenvalue weighted by Gasteiger charge is -2.37. The van der Waals surface area contributed by atoms with Crippen molar-refractivity contribution in [2.45, 2.75) is 70.7 Å². The third kappa shape index (κ3) is 3.79. The van der Waals surface area contributed by atoms with E-state index in [9.17, 15) is 0 Å². The summed E-state index contributed by atoms with van der Waals surface area (Å²) >= 11 is 0. The fourth-order valence-electron chi connectivity index (χ4n) is 4.22. The summed E-state index contributed by atoms with van der Waals surface area (Å²) in [6.07, 6.45) is 2.31. The number of nitrogens with zero attached hydrogens (tertiary/aromatic N) is 1. The van der Waals surface area contributed by atoms with E-state index in [1.54, 1.807) is 0 Å². The molecule has 0 aromatic rings. The predicted molar refractivity (Wildman–Crippen MR) is 86.7 cm³/mol. The second-order valence-corrected chi connectivity index (χ2v) is 7.73. The van der Waals surface area contributed by atoms with Crippen LogP contribution in [0.25, 0.3) is 0 Å². The standard InChI is InChI=1S/C17H34N2O2/c1-7-18-15-14(16(2,3)21-17(15,4)5)12-19(6)13-8-10-20-11-9-13/h13-15,18H,7-12H2,1-6H3. The second kappa shape index (κ2) is 6.53. The van der Waals surface area contributed by atoms with Gasteiger partial charge >= 0.3 is 0 Å². The van der Waals surface area contributed by atoms with Crippen molar-refractivity contribution in [2.75, 3.05) is 33.4 Å². The Morgan fingerprint density at radius 2 is 1.71 bits per heavy atom. The average Bonchev–Trinajstić information content (AvgIpc) is 2.58. The van der Waals surface area contributed by atoms with Crippen molar-refractivity contribution in [1.29, 1.82) is 0 Å². The molecule has 2 atom stereocenters. The van der Waals surface area contributed by atoms with Crippen LogP contribution in [0.1, 0.15) is 47.5 Å². The minimum Gasteiger partial charge on any atom is -0.381 e. The summed E-state index contributed by atoms with van der Waals surface area (Å²) in [6, 6.07) is 1.06. The predicted octanol–water partition coefficient (Wildman–Crippen LogP) is 2.28. The minimum atomic E-state index is -0.110. The van der Waals surface area contributed by atoms with E-state index in [4.69, 9.17) is 9.47 Å². The zero-order valence-electron chi connectivity index (χ0n) is 14.7. The molecule has 4 nitrogen and oxygen atoms in total. The molecule has 0 aliphatic carbocycles. The quantitative estimate of drug-likeness (QED) is 0.844. The van der Waals surface area contributed by atoms with Crippen LogP contribution < -0.4 is 5.32 Å². The van der Waals surface area contributed by atoms with Crippen molar-refractivity contribution in [1.82, 2.24) is 10.2 Å². The van der Waals surface area contributed by atoms with Gasteiger partial charge in [-0.05, 0) is 54.1 Å². The maximum atomic E-state index is 6.39. The Bertz CT molecular complexity index is 338. The summed E-state index contributed by atoms with van der Waals surface area (Å²) in [5.74, 6) is 0.500. The molecule has 2 aliphatic rings. The summed E-state index contributed by atoms with van der Waals surface area (Å²) in [4.78, 5) is 2.53. The number of hydrogen-bond donors (Lipinski definition) is 1. The van der Waals surface area contributed by atoms with Crippen LogP contribution in [-0.2, 0) is 9.47 Å². The Morgan fingerprint density at radius 3 is 2.29 bits per heavy atom. The molecule has 2 rings (SSSR count). The molecule has 2 fully saturated rings. The lowest BCUT2D eigenvalue weighted by molar-refractivity contribution is -0.0805. The van der Waals surface area contributed by atoms with Crippen molar-refractivity contribution in [3.8, 4) is 0 Å². The molecule has 124 valence electrons. The Hall–Kier alpha value is -0.160. The van der Waals surface area contributed by atoms with Crippen molar-refractivity contribution < 1.29 is 9.47 Å². The maximum absolute atomic E-state index is 6.39. The molecule has 1 N–H and O–H groups in total. The Morgan fingerprint density at radius 1 is 1.10 bits per heavy atom. The van der Waals surface area contributed by atoms with Crippen LogP contribution in [0.4, 0.5) is 0 Å². The first-order chi connectivity index (χ1) is 9.78. The summed E-state index contributed by atoms with van der Waals surface area (Å²) in [5, 5.41) is 3.67. The lowest BCUT2D eigenvalue weighted by Crippen LogP contribution is -2.52. The molecule has 21 heavy (non-hydrogen) atoms. The lowest BCUT2D eigenvalue weighted by atomic mass is 9.81. The summed E-state index contributed by atoms with van der Waals surface area (Å²) < 4.78 is 11.9. The monoisotopic (exact) mass is 298 g/mol. The van der Waals surface area contributed by atoms with Crippen LogP contribution in [0, 0.1) is 5.92 Å². The molecular formula is C17H34N2O2. The van der Waals surface area contributed by atoms with Gasteiger partial charge in [-0.2, -0.15) is 0 Å². The van der Waals surface area contributed by atoms with E-state index in [1.807, 2.05) is 0 Å². The Balaban J connectivity index is 2.07. The number of hydrogen-bond acceptors (Lipinski definition) is 4. The Labute approximate surface area is 130 Å². The largest absolute Gasteiger partial charge is 0.381 e. The van der Waals surface area contributed by atoms with Gasteiger partial charge in [-0.15, -0.1) is 0 Å². The number of likely N-dealkylation sites (N-methyl/N-ethyl adjacent to an activating group) is 1. The summed E-state index contributed by atoms with van der Waals surface area (Å²) in [5.41, 5.74) is -0.198. The van der Waals surface area contributed by atoms with E-state index in [2.05, 4.69) is 51.9 Å². The van der Waals surface area contributed by atoms with Gasteiger partial charge in [-0.3, -0.25) is 0 Å². The van der Waals surface area contributed by atoms with Crippen molar-refractivity contribution in [3.05, 3.63) is 0 Å². The molecule has 0 saturated carbocycles. The molecular weight excluding hydrogens is 264 g/mol. The average molecular weight is 298 g/mol. The fraction of sp³-hybridized carbons (Fsp3) is 1.00. The smallest absolute Gasteiger partial charge is 0.0790 e. The molecule has 0 bridgehead atoms. The summed E-state index contributed by atoms with van der Waals surface area (Å²) in [7, 11) is 2.26. The molecule has 2 unspecified atom stereocenters. The van der Waals surface area contributed by atoms with Gasteiger partial charge in [-0.1, -0.05) is 6.92 Å². The van der Waals surface area contributed by atoms with Gasteiger partial charge in [0.05, 0.1) is 11.2 Å². The molecule has 2 aliphatic heterocycles. The van der Waals surface area contributed by atoms with Gasteiger partial charge in [0.15, 0.2) is 0 Å². The van der Waals surface area contributed by atoms with Crippen molar-refractivity contribution in [2.24, 2.45) is 5.92 Å². The molecule has 4 heteroatoms. The molecule has 0 aromatic carbocycles. The minimum absolute atomic E-state index is 0.0875. The zero-order valence-corrected chi connectivity index (χ0v) is 14.7. The number of rotatable bonds is 5. The molecule has 0 amide bonds. The molecule has 2 saturated heterocycles. The Kier molecular flexibility index (Phi) is 5.35. The van der Waals surface area contributed by atoms with Gasteiger partial charge in [0.25, 0.3) is 0 Å². The molecule has 0 radical (unpaired) electrons. The van der Waals surface area contributed by atoms with Gasteiger partial charge in [-0.25, -0.2) is 0 Å². The van der Waals surface area contributed by atoms with Crippen molar-refractivity contribution >= 4 is 0 Å². The van der Waals surface area contributed by atoms with Crippen LogP contribution in [0.2, 0.25) is 0 Å². The van der Waals surface area contributed by atoms with Crippen LogP contribution in [-0.4, -0.2) is 61.5 Å². The van der Waals surface area contributed by atoms with E-state index in [0.717, 1.165) is 39.1 Å². The molecule has 2 heterocycles. The van der Waals surface area contributed by atoms with Crippen LogP contribution >= 0.6 is 0 Å². The second-order valence-electron chi connectivity index (χ2n) is 7.73. The van der Waals surface area contributed by atoms with Crippen LogP contribution in [0.15, 0.2) is 0 Å². The van der Waals surface area contributed by atoms with E-state index >= 15 is 0 Å². The first kappa shape index (κ1) is 17.2. The normalized spacial score (nSPS) is 32.7. The highest BCUT2D eigenvalue weighted by atomic mass is 16.5. The van der Waals surface area contributed by atoms with Gasteiger partial charge in [0.1, 0.15) is 0 Å². The van der Waals surface area contributed by atoms with Gasteiger partial charge in [0, 0.05) is 37.8 Å². The molecule has 0 spiro atoms. The van der Waals surface area contributed by atoms with E-state index in [1.165, 1.54) is 0 Å². The highest BCUT2D eigenvalue weighted by Crippen LogP contribution is 2.42.